The summed E-state index contributed by atoms with van der Waals surface area (Å²) in [6.07, 6.45) is 0.780. The molecule has 0 saturated carbocycles. The molecule has 1 fully saturated rings. The predicted molar refractivity (Wildman–Crippen MR) is 59.5 cm³/mol. The van der Waals surface area contributed by atoms with Crippen molar-refractivity contribution in [3.05, 3.63) is 29.3 Å². The standard InChI is InChI=1S/C12H13N3O2.ClH/c13-6-9-5-8(1-2-11(9)16)7-15-4-3-10(14)12(15)17;/h1-2,5,10,16H,3-4,7,14H2;1H/t10-;/m0./s1. The Hall–Kier alpha value is -1.77. The fourth-order valence-electron chi connectivity index (χ4n) is 1.95. The van der Waals surface area contributed by atoms with E-state index in [0.29, 0.717) is 13.1 Å². The summed E-state index contributed by atoms with van der Waals surface area (Å²) >= 11 is 0. The van der Waals surface area contributed by atoms with E-state index in [1.807, 2.05) is 6.07 Å². The molecule has 0 unspecified atom stereocenters. The van der Waals surface area contributed by atoms with Gasteiger partial charge in [-0.05, 0) is 17.7 Å². The number of hydrogen-bond donors (Lipinski definition) is 2. The number of quaternary nitrogens is 1. The van der Waals surface area contributed by atoms with Crippen LogP contribution in [-0.2, 0) is 11.3 Å². The number of phenols is 1. The quantitative estimate of drug-likeness (QED) is 0.585. The van der Waals surface area contributed by atoms with Crippen molar-refractivity contribution >= 4 is 5.91 Å². The Kier molecular flexibility index (Phi) is 4.54. The normalized spacial score (nSPS) is 18.3. The zero-order valence-electron chi connectivity index (χ0n) is 9.77. The van der Waals surface area contributed by atoms with Crippen molar-refractivity contribution in [2.45, 2.75) is 19.0 Å². The van der Waals surface area contributed by atoms with Crippen molar-refractivity contribution in [1.29, 1.82) is 5.26 Å². The summed E-state index contributed by atoms with van der Waals surface area (Å²) in [5.41, 5.74) is 4.86. The lowest BCUT2D eigenvalue weighted by Crippen LogP contribution is -3.00. The number of carbonyl (C=O) groups is 1. The molecule has 1 heterocycles. The van der Waals surface area contributed by atoms with Crippen LogP contribution < -0.4 is 18.1 Å². The van der Waals surface area contributed by atoms with Crippen LogP contribution in [0, 0.1) is 11.3 Å². The number of aromatic hydroxyl groups is 1. The average molecular weight is 268 g/mol. The second-order valence-electron chi connectivity index (χ2n) is 4.21. The van der Waals surface area contributed by atoms with Gasteiger partial charge in [0.05, 0.1) is 5.56 Å². The van der Waals surface area contributed by atoms with Gasteiger partial charge in [0, 0.05) is 19.5 Å². The number of benzene rings is 1. The summed E-state index contributed by atoms with van der Waals surface area (Å²) in [4.78, 5) is 13.4. The summed E-state index contributed by atoms with van der Waals surface area (Å²) in [6.45, 7) is 1.18. The van der Waals surface area contributed by atoms with E-state index in [4.69, 9.17) is 5.26 Å². The Bertz CT molecular complexity index is 499. The van der Waals surface area contributed by atoms with E-state index in [-0.39, 0.29) is 35.7 Å². The first-order chi connectivity index (χ1) is 8.11. The molecule has 1 atom stereocenters. The van der Waals surface area contributed by atoms with Crippen LogP contribution in [0.4, 0.5) is 0 Å². The molecule has 5 nitrogen and oxygen atoms in total. The zero-order valence-corrected chi connectivity index (χ0v) is 10.5. The Balaban J connectivity index is 0.00000162. The Labute approximate surface area is 111 Å². The maximum atomic E-state index is 11.7. The highest BCUT2D eigenvalue weighted by Gasteiger charge is 2.31. The monoisotopic (exact) mass is 267 g/mol. The first kappa shape index (κ1) is 14.3. The fraction of sp³-hybridized carbons (Fsp3) is 0.333. The summed E-state index contributed by atoms with van der Waals surface area (Å²) < 4.78 is 0. The lowest BCUT2D eigenvalue weighted by atomic mass is 10.1. The number of hydrogen-bond acceptors (Lipinski definition) is 3. The van der Waals surface area contributed by atoms with E-state index in [1.165, 1.54) is 6.07 Å². The number of rotatable bonds is 2. The van der Waals surface area contributed by atoms with Crippen molar-refractivity contribution in [2.24, 2.45) is 0 Å². The van der Waals surface area contributed by atoms with Gasteiger partial charge in [0.1, 0.15) is 11.8 Å². The van der Waals surface area contributed by atoms with Crippen LogP contribution in [0.2, 0.25) is 0 Å². The van der Waals surface area contributed by atoms with Gasteiger partial charge in [-0.15, -0.1) is 0 Å². The van der Waals surface area contributed by atoms with Crippen molar-refractivity contribution in [2.75, 3.05) is 6.54 Å². The molecule has 1 aliphatic rings. The third kappa shape index (κ3) is 2.73. The topological polar surface area (TPSA) is 92.0 Å². The summed E-state index contributed by atoms with van der Waals surface area (Å²) in [7, 11) is 0. The Morgan fingerprint density at radius 1 is 1.56 bits per heavy atom. The van der Waals surface area contributed by atoms with E-state index in [0.717, 1.165) is 12.0 Å². The molecule has 0 spiro atoms. The van der Waals surface area contributed by atoms with Crippen molar-refractivity contribution in [3.8, 4) is 11.8 Å². The van der Waals surface area contributed by atoms with Gasteiger partial charge in [-0.3, -0.25) is 4.79 Å². The number of likely N-dealkylation sites (tertiary alicyclic amines) is 1. The molecule has 1 aromatic rings. The number of phenolic OH excluding ortho intramolecular Hbond substituents is 1. The number of amides is 1. The van der Waals surface area contributed by atoms with E-state index < -0.39 is 0 Å². The largest absolute Gasteiger partial charge is 1.00 e. The molecule has 96 valence electrons. The SMILES string of the molecule is N#Cc1cc(CN2CC[C@H]([NH3+])C2=O)ccc1O.[Cl-]. The lowest BCUT2D eigenvalue weighted by Gasteiger charge is -2.15. The van der Waals surface area contributed by atoms with Crippen molar-refractivity contribution in [3.63, 3.8) is 0 Å². The second kappa shape index (κ2) is 5.71. The first-order valence-corrected chi connectivity index (χ1v) is 5.45. The minimum absolute atomic E-state index is 0. The molecular formula is C12H14ClN3O2. The molecule has 1 aromatic carbocycles. The van der Waals surface area contributed by atoms with Gasteiger partial charge in [-0.25, -0.2) is 0 Å². The Morgan fingerprint density at radius 2 is 2.28 bits per heavy atom. The van der Waals surface area contributed by atoms with Crippen LogP contribution >= 0.6 is 0 Å². The minimum Gasteiger partial charge on any atom is -1.00 e. The minimum atomic E-state index is -0.150. The molecule has 0 radical (unpaired) electrons. The molecule has 6 heteroatoms. The van der Waals surface area contributed by atoms with E-state index in [9.17, 15) is 9.90 Å². The molecule has 1 amide bonds. The van der Waals surface area contributed by atoms with Crippen LogP contribution in [0.25, 0.3) is 0 Å². The summed E-state index contributed by atoms with van der Waals surface area (Å²) in [6, 6.07) is 6.58. The molecular weight excluding hydrogens is 254 g/mol. The number of nitriles is 1. The maximum Gasteiger partial charge on any atom is 0.281 e. The van der Waals surface area contributed by atoms with E-state index in [1.54, 1.807) is 17.0 Å². The highest BCUT2D eigenvalue weighted by molar-refractivity contribution is 5.82. The van der Waals surface area contributed by atoms with Crippen molar-refractivity contribution in [1.82, 2.24) is 4.90 Å². The predicted octanol–water partition coefficient (Wildman–Crippen LogP) is -3.39. The fourth-order valence-corrected chi connectivity index (χ4v) is 1.95. The molecule has 0 bridgehead atoms. The van der Waals surface area contributed by atoms with Crippen LogP contribution in [0.5, 0.6) is 5.75 Å². The first-order valence-electron chi connectivity index (χ1n) is 5.45. The maximum absolute atomic E-state index is 11.7. The lowest BCUT2D eigenvalue weighted by molar-refractivity contribution is -0.401. The highest BCUT2D eigenvalue weighted by atomic mass is 35.5. The second-order valence-corrected chi connectivity index (χ2v) is 4.21. The summed E-state index contributed by atoms with van der Waals surface area (Å²) in [5, 5.41) is 18.2. The number of halogens is 1. The van der Waals surface area contributed by atoms with Gasteiger partial charge in [0.15, 0.2) is 6.04 Å². The van der Waals surface area contributed by atoms with Gasteiger partial charge >= 0.3 is 0 Å². The summed E-state index contributed by atoms with van der Waals surface area (Å²) in [5.74, 6) is 0.0237. The molecule has 18 heavy (non-hydrogen) atoms. The van der Waals surface area contributed by atoms with Crippen LogP contribution in [0.3, 0.4) is 0 Å². The number of nitrogens with zero attached hydrogens (tertiary/aromatic N) is 2. The van der Waals surface area contributed by atoms with Crippen LogP contribution in [0.15, 0.2) is 18.2 Å². The highest BCUT2D eigenvalue weighted by Crippen LogP contribution is 2.19. The Morgan fingerprint density at radius 3 is 2.83 bits per heavy atom. The van der Waals surface area contributed by atoms with Gasteiger partial charge in [0.2, 0.25) is 0 Å². The molecule has 0 aromatic heterocycles. The third-order valence-corrected chi connectivity index (χ3v) is 2.96. The van der Waals surface area contributed by atoms with Gasteiger partial charge in [-0.1, -0.05) is 6.07 Å². The smallest absolute Gasteiger partial charge is 0.281 e. The van der Waals surface area contributed by atoms with E-state index in [2.05, 4.69) is 5.73 Å². The molecule has 4 N–H and O–H groups in total. The van der Waals surface area contributed by atoms with Crippen LogP contribution in [-0.4, -0.2) is 28.5 Å². The van der Waals surface area contributed by atoms with Gasteiger partial charge in [0.25, 0.3) is 5.91 Å². The molecule has 2 rings (SSSR count). The number of carbonyl (C=O) groups excluding carboxylic acids is 1. The third-order valence-electron chi connectivity index (χ3n) is 2.96. The van der Waals surface area contributed by atoms with E-state index >= 15 is 0 Å². The van der Waals surface area contributed by atoms with Gasteiger partial charge < -0.3 is 28.1 Å². The average Bonchev–Trinajstić information content (AvgIpc) is 2.63. The van der Waals surface area contributed by atoms with Crippen molar-refractivity contribution < 1.29 is 28.0 Å². The molecule has 1 saturated heterocycles. The molecule has 0 aliphatic carbocycles. The molecule has 1 aliphatic heterocycles. The van der Waals surface area contributed by atoms with Gasteiger partial charge in [-0.2, -0.15) is 5.26 Å². The zero-order chi connectivity index (χ0) is 12.4. The van der Waals surface area contributed by atoms with Crippen LogP contribution in [0.1, 0.15) is 17.5 Å².